The summed E-state index contributed by atoms with van der Waals surface area (Å²) in [7, 11) is 1.67. The highest BCUT2D eigenvalue weighted by atomic mass is 32.2. The second-order valence-corrected chi connectivity index (χ2v) is 8.20. The van der Waals surface area contributed by atoms with Gasteiger partial charge in [-0.25, -0.2) is 0 Å². The fourth-order valence-corrected chi connectivity index (χ4v) is 4.55. The molecule has 9 heteroatoms. The quantitative estimate of drug-likeness (QED) is 0.280. The summed E-state index contributed by atoms with van der Waals surface area (Å²) >= 11 is 3.29. The molecule has 0 spiro atoms. The SMILES string of the molecule is CCn1c(SCCCc2nc(-c3cccs3)no2)nnc1-c1ccccc1OC. The van der Waals surface area contributed by atoms with Crippen LogP contribution in [0.15, 0.2) is 51.5 Å². The fourth-order valence-electron chi connectivity index (χ4n) is 2.96. The standard InChI is InChI=1S/C20H21N5O2S2/c1-3-25-19(14-8-4-5-9-15(14)26-2)22-23-20(25)29-13-7-11-17-21-18(24-27-17)16-10-6-12-28-16/h4-6,8-10,12H,3,7,11,13H2,1-2H3. The highest BCUT2D eigenvalue weighted by Gasteiger charge is 2.16. The predicted molar refractivity (Wildman–Crippen MR) is 114 cm³/mol. The first-order chi connectivity index (χ1) is 14.3. The van der Waals surface area contributed by atoms with Crippen LogP contribution in [0.3, 0.4) is 0 Å². The molecule has 4 aromatic rings. The molecule has 0 saturated carbocycles. The number of thiophene rings is 1. The van der Waals surface area contributed by atoms with Crippen LogP contribution in [0, 0.1) is 0 Å². The Kier molecular flexibility index (Phi) is 6.26. The number of aromatic nitrogens is 5. The maximum Gasteiger partial charge on any atom is 0.227 e. The summed E-state index contributed by atoms with van der Waals surface area (Å²) in [5.74, 6) is 3.84. The smallest absolute Gasteiger partial charge is 0.227 e. The van der Waals surface area contributed by atoms with Gasteiger partial charge in [-0.3, -0.25) is 0 Å². The second kappa shape index (κ2) is 9.23. The van der Waals surface area contributed by atoms with Gasteiger partial charge in [0.15, 0.2) is 11.0 Å². The molecule has 0 amide bonds. The highest BCUT2D eigenvalue weighted by molar-refractivity contribution is 7.99. The van der Waals surface area contributed by atoms with Gasteiger partial charge in [0.05, 0.1) is 17.6 Å². The van der Waals surface area contributed by atoms with Crippen LogP contribution < -0.4 is 4.74 Å². The van der Waals surface area contributed by atoms with E-state index in [1.165, 1.54) is 0 Å². The van der Waals surface area contributed by atoms with Gasteiger partial charge in [-0.15, -0.1) is 21.5 Å². The molecule has 3 heterocycles. The summed E-state index contributed by atoms with van der Waals surface area (Å²) in [5.41, 5.74) is 0.947. The van der Waals surface area contributed by atoms with Crippen molar-refractivity contribution in [2.45, 2.75) is 31.5 Å². The molecular weight excluding hydrogens is 406 g/mol. The monoisotopic (exact) mass is 427 g/mol. The van der Waals surface area contributed by atoms with Crippen LogP contribution in [-0.4, -0.2) is 37.8 Å². The molecule has 0 aliphatic heterocycles. The first-order valence-corrected chi connectivity index (χ1v) is 11.2. The number of methoxy groups -OCH3 is 1. The van der Waals surface area contributed by atoms with Crippen molar-refractivity contribution in [2.75, 3.05) is 12.9 Å². The number of para-hydroxylation sites is 1. The van der Waals surface area contributed by atoms with Crippen molar-refractivity contribution in [2.24, 2.45) is 0 Å². The number of hydrogen-bond acceptors (Lipinski definition) is 8. The van der Waals surface area contributed by atoms with Gasteiger partial charge in [-0.2, -0.15) is 4.98 Å². The Bertz CT molecular complexity index is 1060. The van der Waals surface area contributed by atoms with Crippen molar-refractivity contribution in [1.29, 1.82) is 0 Å². The zero-order valence-corrected chi connectivity index (χ0v) is 17.9. The molecule has 0 aliphatic rings. The van der Waals surface area contributed by atoms with E-state index in [4.69, 9.17) is 9.26 Å². The average molecular weight is 428 g/mol. The molecule has 0 atom stereocenters. The van der Waals surface area contributed by atoms with Crippen molar-refractivity contribution in [1.82, 2.24) is 24.9 Å². The summed E-state index contributed by atoms with van der Waals surface area (Å²) in [5, 5.41) is 15.8. The average Bonchev–Trinajstić information content (AvgIpc) is 3.51. The highest BCUT2D eigenvalue weighted by Crippen LogP contribution is 2.31. The summed E-state index contributed by atoms with van der Waals surface area (Å²) in [6, 6.07) is 11.8. The van der Waals surface area contributed by atoms with E-state index in [9.17, 15) is 0 Å². The lowest BCUT2D eigenvalue weighted by Gasteiger charge is -2.10. The lowest BCUT2D eigenvalue weighted by Crippen LogP contribution is -2.01. The van der Waals surface area contributed by atoms with E-state index < -0.39 is 0 Å². The number of aryl methyl sites for hydroxylation is 1. The summed E-state index contributed by atoms with van der Waals surface area (Å²) < 4.78 is 13.0. The molecular formula is C20H21N5O2S2. The van der Waals surface area contributed by atoms with Crippen molar-refractivity contribution in [3.8, 4) is 27.8 Å². The van der Waals surface area contributed by atoms with E-state index in [1.807, 2.05) is 41.8 Å². The first-order valence-electron chi connectivity index (χ1n) is 9.36. The van der Waals surface area contributed by atoms with Gasteiger partial charge >= 0.3 is 0 Å². The van der Waals surface area contributed by atoms with Crippen LogP contribution in [0.25, 0.3) is 22.1 Å². The zero-order valence-electron chi connectivity index (χ0n) is 16.2. The van der Waals surface area contributed by atoms with Crippen molar-refractivity contribution in [3.63, 3.8) is 0 Å². The van der Waals surface area contributed by atoms with E-state index in [0.29, 0.717) is 11.7 Å². The third-order valence-corrected chi connectivity index (χ3v) is 6.28. The van der Waals surface area contributed by atoms with Crippen molar-refractivity contribution < 1.29 is 9.26 Å². The van der Waals surface area contributed by atoms with Crippen LogP contribution in [0.2, 0.25) is 0 Å². The van der Waals surface area contributed by atoms with E-state index in [1.54, 1.807) is 30.2 Å². The Morgan fingerprint density at radius 3 is 2.86 bits per heavy atom. The van der Waals surface area contributed by atoms with Crippen molar-refractivity contribution >= 4 is 23.1 Å². The number of hydrogen-bond donors (Lipinski definition) is 0. The Balaban J connectivity index is 1.37. The van der Waals surface area contributed by atoms with Crippen LogP contribution in [0.4, 0.5) is 0 Å². The molecule has 3 aromatic heterocycles. The van der Waals surface area contributed by atoms with Gasteiger partial charge in [0.1, 0.15) is 5.75 Å². The molecule has 29 heavy (non-hydrogen) atoms. The van der Waals surface area contributed by atoms with Gasteiger partial charge in [0.25, 0.3) is 0 Å². The molecule has 0 N–H and O–H groups in total. The first kappa shape index (κ1) is 19.7. The molecule has 0 saturated heterocycles. The minimum Gasteiger partial charge on any atom is -0.496 e. The van der Waals surface area contributed by atoms with Gasteiger partial charge in [0, 0.05) is 18.7 Å². The number of thioether (sulfide) groups is 1. The van der Waals surface area contributed by atoms with E-state index in [2.05, 4.69) is 31.8 Å². The minimum atomic E-state index is 0.662. The normalized spacial score (nSPS) is 11.1. The molecule has 0 radical (unpaired) electrons. The fraction of sp³-hybridized carbons (Fsp3) is 0.300. The van der Waals surface area contributed by atoms with Gasteiger partial charge in [0.2, 0.25) is 11.7 Å². The van der Waals surface area contributed by atoms with Gasteiger partial charge in [-0.1, -0.05) is 35.1 Å². The Morgan fingerprint density at radius 1 is 1.17 bits per heavy atom. The largest absolute Gasteiger partial charge is 0.496 e. The lowest BCUT2D eigenvalue weighted by molar-refractivity contribution is 0.378. The molecule has 0 unspecified atom stereocenters. The molecule has 0 fully saturated rings. The summed E-state index contributed by atoms with van der Waals surface area (Å²) in [6.45, 7) is 2.88. The second-order valence-electron chi connectivity index (χ2n) is 6.19. The van der Waals surface area contributed by atoms with E-state index >= 15 is 0 Å². The molecule has 7 nitrogen and oxygen atoms in total. The maximum atomic E-state index is 5.47. The predicted octanol–water partition coefficient (Wildman–Crippen LogP) is 4.81. The molecule has 4 rings (SSSR count). The number of ether oxygens (including phenoxy) is 1. The lowest BCUT2D eigenvalue weighted by atomic mass is 10.2. The van der Waals surface area contributed by atoms with Gasteiger partial charge < -0.3 is 13.8 Å². The summed E-state index contributed by atoms with van der Waals surface area (Å²) in [4.78, 5) is 5.49. The molecule has 0 aliphatic carbocycles. The molecule has 1 aromatic carbocycles. The maximum absolute atomic E-state index is 5.47. The Morgan fingerprint density at radius 2 is 2.07 bits per heavy atom. The Hall–Kier alpha value is -2.65. The Labute approximate surface area is 177 Å². The van der Waals surface area contributed by atoms with Crippen LogP contribution in [0.5, 0.6) is 5.75 Å². The van der Waals surface area contributed by atoms with Crippen LogP contribution in [0.1, 0.15) is 19.2 Å². The molecule has 150 valence electrons. The van der Waals surface area contributed by atoms with E-state index in [-0.39, 0.29) is 0 Å². The summed E-state index contributed by atoms with van der Waals surface area (Å²) in [6.07, 6.45) is 1.66. The number of rotatable bonds is 9. The minimum absolute atomic E-state index is 0.662. The van der Waals surface area contributed by atoms with Crippen LogP contribution >= 0.6 is 23.1 Å². The van der Waals surface area contributed by atoms with Crippen LogP contribution in [-0.2, 0) is 13.0 Å². The number of benzene rings is 1. The third kappa shape index (κ3) is 4.35. The van der Waals surface area contributed by atoms with Gasteiger partial charge in [-0.05, 0) is 36.9 Å². The number of nitrogens with zero attached hydrogens (tertiary/aromatic N) is 5. The van der Waals surface area contributed by atoms with Crippen molar-refractivity contribution in [3.05, 3.63) is 47.7 Å². The third-order valence-electron chi connectivity index (χ3n) is 4.36. The molecule has 0 bridgehead atoms. The topological polar surface area (TPSA) is 78.9 Å². The van der Waals surface area contributed by atoms with E-state index in [0.717, 1.165) is 52.3 Å². The zero-order chi connectivity index (χ0) is 20.1.